The van der Waals surface area contributed by atoms with Gasteiger partial charge in [-0.3, -0.25) is 14.9 Å². The van der Waals surface area contributed by atoms with Gasteiger partial charge in [-0.25, -0.2) is 4.98 Å². The van der Waals surface area contributed by atoms with E-state index in [-0.39, 0.29) is 11.6 Å². The normalized spacial score (nSPS) is 10.7. The van der Waals surface area contributed by atoms with E-state index < -0.39 is 4.92 Å². The molecule has 0 radical (unpaired) electrons. The first-order valence-electron chi connectivity index (χ1n) is 8.75. The molecule has 1 aromatic heterocycles. The maximum atomic E-state index is 12.4. The summed E-state index contributed by atoms with van der Waals surface area (Å²) < 4.78 is 11.8. The van der Waals surface area contributed by atoms with Crippen LogP contribution < -0.4 is 10.1 Å². The van der Waals surface area contributed by atoms with Gasteiger partial charge in [-0.05, 0) is 64.5 Å². The third kappa shape index (κ3) is 3.87. The van der Waals surface area contributed by atoms with Crippen molar-refractivity contribution in [2.45, 2.75) is 0 Å². The Labute approximate surface area is 178 Å². The molecule has 0 aliphatic carbocycles. The van der Waals surface area contributed by atoms with Gasteiger partial charge in [0.15, 0.2) is 5.58 Å². The van der Waals surface area contributed by atoms with E-state index in [9.17, 15) is 14.9 Å². The summed E-state index contributed by atoms with van der Waals surface area (Å²) >= 11 is 3.44. The molecular weight excluding hydrogens is 454 g/mol. The fraction of sp³-hybridized carbons (Fsp3) is 0.0476. The Hall–Kier alpha value is -3.72. The van der Waals surface area contributed by atoms with Gasteiger partial charge in [-0.15, -0.1) is 0 Å². The summed E-state index contributed by atoms with van der Waals surface area (Å²) in [4.78, 5) is 27.1. The smallest absolute Gasteiger partial charge is 0.269 e. The largest absolute Gasteiger partial charge is 0.496 e. The van der Waals surface area contributed by atoms with Gasteiger partial charge in [0.25, 0.3) is 11.6 Å². The zero-order chi connectivity index (χ0) is 21.3. The van der Waals surface area contributed by atoms with Gasteiger partial charge in [-0.1, -0.05) is 0 Å². The molecular formula is C21H14BrN3O5. The number of rotatable bonds is 5. The van der Waals surface area contributed by atoms with Gasteiger partial charge in [-0.2, -0.15) is 0 Å². The van der Waals surface area contributed by atoms with Crippen LogP contribution in [0.15, 0.2) is 69.6 Å². The first-order valence-corrected chi connectivity index (χ1v) is 9.54. The zero-order valence-electron chi connectivity index (χ0n) is 15.6. The molecule has 0 unspecified atom stereocenters. The number of nitro groups is 1. The minimum atomic E-state index is -0.515. The highest BCUT2D eigenvalue weighted by atomic mass is 79.9. The molecule has 0 bridgehead atoms. The molecule has 1 heterocycles. The predicted octanol–water partition coefficient (Wildman–Crippen LogP) is 5.43. The van der Waals surface area contributed by atoms with Crippen LogP contribution >= 0.6 is 15.9 Å². The van der Waals surface area contributed by atoms with Crippen molar-refractivity contribution in [3.8, 4) is 17.2 Å². The van der Waals surface area contributed by atoms with Crippen LogP contribution in [0.25, 0.3) is 22.6 Å². The number of aromatic nitrogens is 1. The Morgan fingerprint density at radius 2 is 1.90 bits per heavy atom. The van der Waals surface area contributed by atoms with Crippen molar-refractivity contribution in [1.29, 1.82) is 0 Å². The maximum absolute atomic E-state index is 12.4. The van der Waals surface area contributed by atoms with E-state index in [1.165, 1.54) is 24.3 Å². The van der Waals surface area contributed by atoms with Gasteiger partial charge < -0.3 is 14.5 Å². The van der Waals surface area contributed by atoms with Crippen LogP contribution in [0.5, 0.6) is 5.75 Å². The van der Waals surface area contributed by atoms with Crippen LogP contribution in [0.1, 0.15) is 10.4 Å². The van der Waals surface area contributed by atoms with E-state index in [1.54, 1.807) is 25.3 Å². The van der Waals surface area contributed by atoms with Crippen LogP contribution in [0.2, 0.25) is 0 Å². The van der Waals surface area contributed by atoms with Crippen LogP contribution in [-0.4, -0.2) is 22.9 Å². The number of anilines is 1. The molecule has 30 heavy (non-hydrogen) atoms. The third-order valence-electron chi connectivity index (χ3n) is 4.38. The lowest BCUT2D eigenvalue weighted by Gasteiger charge is -2.04. The van der Waals surface area contributed by atoms with E-state index in [1.807, 2.05) is 18.2 Å². The molecule has 150 valence electrons. The number of nitrogens with zero attached hydrogens (tertiary/aromatic N) is 2. The number of carbonyl (C=O) groups excluding carboxylic acids is 1. The molecule has 0 aliphatic rings. The minimum absolute atomic E-state index is 0.0757. The van der Waals surface area contributed by atoms with Crippen LogP contribution in [-0.2, 0) is 0 Å². The summed E-state index contributed by atoms with van der Waals surface area (Å²) in [6.07, 6.45) is 0. The number of ether oxygens (including phenoxy) is 1. The number of oxazole rings is 1. The van der Waals surface area contributed by atoms with Crippen molar-refractivity contribution >= 4 is 44.3 Å². The average molecular weight is 468 g/mol. The van der Waals surface area contributed by atoms with Crippen molar-refractivity contribution in [2.24, 2.45) is 0 Å². The second-order valence-electron chi connectivity index (χ2n) is 6.31. The number of nitrogens with one attached hydrogen (secondary N) is 1. The lowest BCUT2D eigenvalue weighted by atomic mass is 10.2. The number of methoxy groups -OCH3 is 1. The van der Waals surface area contributed by atoms with Crippen molar-refractivity contribution in [2.75, 3.05) is 12.4 Å². The number of carbonyl (C=O) groups is 1. The molecule has 0 saturated heterocycles. The quantitative estimate of drug-likeness (QED) is 0.309. The number of hydrogen-bond acceptors (Lipinski definition) is 6. The number of nitro benzene ring substituents is 1. The highest BCUT2D eigenvalue weighted by molar-refractivity contribution is 9.10. The Morgan fingerprint density at radius 1 is 1.13 bits per heavy atom. The predicted molar refractivity (Wildman–Crippen MR) is 115 cm³/mol. The summed E-state index contributed by atoms with van der Waals surface area (Å²) in [6, 6.07) is 16.0. The average Bonchev–Trinajstić information content (AvgIpc) is 3.17. The zero-order valence-corrected chi connectivity index (χ0v) is 17.2. The number of hydrogen-bond donors (Lipinski definition) is 1. The Bertz CT molecular complexity index is 1270. The summed E-state index contributed by atoms with van der Waals surface area (Å²) in [6.45, 7) is 0. The maximum Gasteiger partial charge on any atom is 0.269 e. The molecule has 0 aliphatic heterocycles. The molecule has 0 fully saturated rings. The van der Waals surface area contributed by atoms with E-state index >= 15 is 0 Å². The second-order valence-corrected chi connectivity index (χ2v) is 7.16. The van der Waals surface area contributed by atoms with Gasteiger partial charge in [0.2, 0.25) is 5.89 Å². The van der Waals surface area contributed by atoms with Gasteiger partial charge in [0, 0.05) is 28.9 Å². The van der Waals surface area contributed by atoms with Crippen LogP contribution in [0.3, 0.4) is 0 Å². The fourth-order valence-electron chi connectivity index (χ4n) is 2.87. The molecule has 1 amide bonds. The molecule has 1 N–H and O–H groups in total. The molecule has 9 heteroatoms. The molecule has 0 saturated carbocycles. The van der Waals surface area contributed by atoms with Gasteiger partial charge >= 0.3 is 0 Å². The van der Waals surface area contributed by atoms with Crippen LogP contribution in [0.4, 0.5) is 11.4 Å². The first kappa shape index (κ1) is 19.6. The third-order valence-corrected chi connectivity index (χ3v) is 5.00. The molecule has 8 nitrogen and oxygen atoms in total. The van der Waals surface area contributed by atoms with Crippen molar-refractivity contribution in [1.82, 2.24) is 4.98 Å². The van der Waals surface area contributed by atoms with Crippen molar-refractivity contribution in [3.05, 3.63) is 80.8 Å². The van der Waals surface area contributed by atoms with Gasteiger partial charge in [0.05, 0.1) is 16.5 Å². The Kier molecular flexibility index (Phi) is 5.20. The van der Waals surface area contributed by atoms with E-state index in [2.05, 4.69) is 26.2 Å². The van der Waals surface area contributed by atoms with Gasteiger partial charge in [0.1, 0.15) is 11.3 Å². The molecule has 3 aromatic carbocycles. The van der Waals surface area contributed by atoms with E-state index in [4.69, 9.17) is 9.15 Å². The number of halogens is 1. The van der Waals surface area contributed by atoms with Crippen molar-refractivity contribution in [3.63, 3.8) is 0 Å². The summed E-state index contributed by atoms with van der Waals surface area (Å²) in [7, 11) is 1.59. The summed E-state index contributed by atoms with van der Waals surface area (Å²) in [5.74, 6) is 0.755. The molecule has 4 rings (SSSR count). The molecule has 0 spiro atoms. The SMILES string of the molecule is COc1ccc(-c2nc3cc(NC(=O)c4ccc([N+](=O)[O-])cc4)ccc3o2)cc1Br. The Balaban J connectivity index is 1.57. The standard InChI is InChI=1S/C21H14BrN3O5/c1-29-18-8-4-13(10-16(18)22)21-24-17-11-14(5-9-19(17)30-21)23-20(26)12-2-6-15(7-3-12)25(27)28/h2-11H,1H3,(H,23,26). The number of benzene rings is 3. The lowest BCUT2D eigenvalue weighted by molar-refractivity contribution is -0.384. The highest BCUT2D eigenvalue weighted by Gasteiger charge is 2.13. The summed E-state index contributed by atoms with van der Waals surface area (Å²) in [5, 5.41) is 13.5. The van der Waals surface area contributed by atoms with E-state index in [0.717, 1.165) is 10.0 Å². The summed E-state index contributed by atoms with van der Waals surface area (Å²) in [5.41, 5.74) is 2.69. The fourth-order valence-corrected chi connectivity index (χ4v) is 3.41. The topological polar surface area (TPSA) is 108 Å². The monoisotopic (exact) mass is 467 g/mol. The molecule has 4 aromatic rings. The van der Waals surface area contributed by atoms with E-state index in [0.29, 0.717) is 34.0 Å². The Morgan fingerprint density at radius 3 is 2.57 bits per heavy atom. The minimum Gasteiger partial charge on any atom is -0.496 e. The van der Waals surface area contributed by atoms with Crippen LogP contribution in [0, 0.1) is 10.1 Å². The second kappa shape index (κ2) is 7.96. The lowest BCUT2D eigenvalue weighted by Crippen LogP contribution is -2.11. The number of non-ortho nitro benzene ring substituents is 1. The number of amides is 1. The number of fused-ring (bicyclic) bond motifs is 1. The van der Waals surface area contributed by atoms with Crippen molar-refractivity contribution < 1.29 is 18.9 Å². The molecule has 0 atom stereocenters. The highest BCUT2D eigenvalue weighted by Crippen LogP contribution is 2.32. The first-order chi connectivity index (χ1) is 14.4.